The lowest BCUT2D eigenvalue weighted by Gasteiger charge is -1.98. The van der Waals surface area contributed by atoms with E-state index < -0.39 is 0 Å². The van der Waals surface area contributed by atoms with Crippen LogP contribution in [0, 0.1) is 0 Å². The molecule has 0 unspecified atom stereocenters. The van der Waals surface area contributed by atoms with Crippen molar-refractivity contribution in [2.45, 2.75) is 0 Å². The first-order valence-electron chi connectivity index (χ1n) is 5.29. The Bertz CT molecular complexity index is 715. The Labute approximate surface area is 107 Å². The number of nitrogens with zero attached hydrogens (tertiary/aromatic N) is 2. The topological polar surface area (TPSA) is 87.3 Å². The average molecular weight is 258 g/mol. The third-order valence-corrected chi connectivity index (χ3v) is 3.61. The Morgan fingerprint density at radius 2 is 2.33 bits per heavy atom. The number of pyridine rings is 1. The number of aromatic amines is 1. The maximum Gasteiger partial charge on any atom is 0.170 e. The predicted octanol–water partition coefficient (Wildman–Crippen LogP) is 2.39. The molecule has 0 radical (unpaired) electrons. The summed E-state index contributed by atoms with van der Waals surface area (Å²) in [4.78, 5) is 8.59. The first-order chi connectivity index (χ1) is 8.79. The van der Waals surface area contributed by atoms with Gasteiger partial charge >= 0.3 is 0 Å². The number of hydrogen-bond acceptors (Lipinski definition) is 4. The summed E-state index contributed by atoms with van der Waals surface area (Å²) >= 11 is 1.64. The molecule has 0 saturated heterocycles. The van der Waals surface area contributed by atoms with Crippen LogP contribution in [0.5, 0.6) is 0 Å². The average Bonchev–Trinajstić information content (AvgIpc) is 3.04. The van der Waals surface area contributed by atoms with Gasteiger partial charge in [0.2, 0.25) is 0 Å². The molecule has 6 heteroatoms. The molecule has 4 N–H and O–H groups in total. The lowest BCUT2D eigenvalue weighted by Crippen LogP contribution is -2.13. The van der Waals surface area contributed by atoms with Crippen LogP contribution in [0.25, 0.3) is 21.6 Å². The van der Waals surface area contributed by atoms with Gasteiger partial charge in [-0.15, -0.1) is 11.3 Å². The van der Waals surface area contributed by atoms with E-state index in [1.54, 1.807) is 23.6 Å². The van der Waals surface area contributed by atoms with Crippen molar-refractivity contribution in [3.05, 3.63) is 41.4 Å². The summed E-state index contributed by atoms with van der Waals surface area (Å²) in [6, 6.07) is 7.70. The number of nitrogens with one attached hydrogen (secondary N) is 1. The van der Waals surface area contributed by atoms with E-state index in [-0.39, 0.29) is 5.84 Å². The first-order valence-corrected chi connectivity index (χ1v) is 6.17. The molecule has 0 aliphatic heterocycles. The van der Waals surface area contributed by atoms with E-state index in [2.05, 4.69) is 15.1 Å². The van der Waals surface area contributed by atoms with Crippen molar-refractivity contribution in [3.63, 3.8) is 0 Å². The highest BCUT2D eigenvalue weighted by molar-refractivity contribution is 7.13. The summed E-state index contributed by atoms with van der Waals surface area (Å²) in [5, 5.41) is 14.7. The zero-order chi connectivity index (χ0) is 12.5. The second-order valence-electron chi connectivity index (χ2n) is 3.77. The zero-order valence-corrected chi connectivity index (χ0v) is 10.1. The lowest BCUT2D eigenvalue weighted by molar-refractivity contribution is 0.318. The molecule has 0 atom stereocenters. The van der Waals surface area contributed by atoms with Gasteiger partial charge in [-0.1, -0.05) is 11.2 Å². The van der Waals surface area contributed by atoms with Crippen LogP contribution in [0.2, 0.25) is 0 Å². The van der Waals surface area contributed by atoms with Gasteiger partial charge in [-0.25, -0.2) is 4.98 Å². The second kappa shape index (κ2) is 4.15. The molecule has 3 rings (SSSR count). The maximum atomic E-state index is 8.77. The van der Waals surface area contributed by atoms with Crippen LogP contribution < -0.4 is 5.73 Å². The number of amidine groups is 1. The largest absolute Gasteiger partial charge is 0.409 e. The molecular formula is C12H10N4OS. The van der Waals surface area contributed by atoms with Gasteiger partial charge in [-0.05, 0) is 23.6 Å². The molecule has 0 bridgehead atoms. The van der Waals surface area contributed by atoms with Gasteiger partial charge < -0.3 is 15.9 Å². The standard InChI is InChI=1S/C12H10N4OS/c13-11(16-17)7-3-4-14-12-8(7)6-9(15-12)10-2-1-5-18-10/h1-6,17H,(H2,13,16)(H,14,15). The normalized spacial score (nSPS) is 12.1. The molecule has 0 spiro atoms. The molecular weight excluding hydrogens is 248 g/mol. The molecule has 3 aromatic rings. The van der Waals surface area contributed by atoms with Crippen molar-refractivity contribution in [1.82, 2.24) is 9.97 Å². The minimum Gasteiger partial charge on any atom is -0.409 e. The van der Waals surface area contributed by atoms with E-state index in [4.69, 9.17) is 10.9 Å². The molecule has 0 aromatic carbocycles. The molecule has 0 saturated carbocycles. The zero-order valence-electron chi connectivity index (χ0n) is 9.29. The Hall–Kier alpha value is -2.34. The van der Waals surface area contributed by atoms with Crippen molar-refractivity contribution in [1.29, 1.82) is 0 Å². The van der Waals surface area contributed by atoms with Crippen molar-refractivity contribution in [3.8, 4) is 10.6 Å². The monoisotopic (exact) mass is 258 g/mol. The van der Waals surface area contributed by atoms with Gasteiger partial charge in [0.05, 0.1) is 10.6 Å². The molecule has 3 heterocycles. The van der Waals surface area contributed by atoms with Crippen LogP contribution in [-0.2, 0) is 0 Å². The van der Waals surface area contributed by atoms with Crippen molar-refractivity contribution >= 4 is 28.2 Å². The fourth-order valence-electron chi connectivity index (χ4n) is 1.87. The number of nitrogens with two attached hydrogens (primary N) is 1. The fraction of sp³-hybridized carbons (Fsp3) is 0. The van der Waals surface area contributed by atoms with E-state index in [9.17, 15) is 0 Å². The Morgan fingerprint density at radius 1 is 1.44 bits per heavy atom. The Kier molecular flexibility index (Phi) is 2.49. The number of hydrogen-bond donors (Lipinski definition) is 3. The van der Waals surface area contributed by atoms with Crippen LogP contribution in [0.1, 0.15) is 5.56 Å². The van der Waals surface area contributed by atoms with Gasteiger partial charge in [0, 0.05) is 17.1 Å². The van der Waals surface area contributed by atoms with Gasteiger partial charge in [-0.3, -0.25) is 0 Å². The molecule has 90 valence electrons. The van der Waals surface area contributed by atoms with E-state index in [1.807, 2.05) is 23.6 Å². The predicted molar refractivity (Wildman–Crippen MR) is 71.9 cm³/mol. The van der Waals surface area contributed by atoms with Crippen LogP contribution in [0.4, 0.5) is 0 Å². The van der Waals surface area contributed by atoms with Gasteiger partial charge in [0.1, 0.15) is 5.65 Å². The number of aromatic nitrogens is 2. The summed E-state index contributed by atoms with van der Waals surface area (Å²) in [6.45, 7) is 0. The lowest BCUT2D eigenvalue weighted by atomic mass is 10.1. The molecule has 5 nitrogen and oxygen atoms in total. The maximum absolute atomic E-state index is 8.77. The van der Waals surface area contributed by atoms with Gasteiger partial charge in [-0.2, -0.15) is 0 Å². The summed E-state index contributed by atoms with van der Waals surface area (Å²) in [5.74, 6) is 0.0825. The van der Waals surface area contributed by atoms with Crippen molar-refractivity contribution in [2.75, 3.05) is 0 Å². The van der Waals surface area contributed by atoms with Gasteiger partial charge in [0.25, 0.3) is 0 Å². The summed E-state index contributed by atoms with van der Waals surface area (Å²) in [5.41, 5.74) is 8.02. The van der Waals surface area contributed by atoms with E-state index in [0.29, 0.717) is 5.56 Å². The number of fused-ring (bicyclic) bond motifs is 1. The summed E-state index contributed by atoms with van der Waals surface area (Å²) < 4.78 is 0. The van der Waals surface area contributed by atoms with Crippen LogP contribution in [0.15, 0.2) is 41.0 Å². The van der Waals surface area contributed by atoms with Crippen molar-refractivity contribution < 1.29 is 5.21 Å². The minimum absolute atomic E-state index is 0.0825. The number of H-pyrrole nitrogens is 1. The van der Waals surface area contributed by atoms with E-state index in [1.165, 1.54) is 0 Å². The van der Waals surface area contributed by atoms with Crippen molar-refractivity contribution in [2.24, 2.45) is 10.9 Å². The molecule has 0 aliphatic carbocycles. The summed E-state index contributed by atoms with van der Waals surface area (Å²) in [6.07, 6.45) is 1.63. The SMILES string of the molecule is NC(=NO)c1ccnc2[nH]c(-c3cccs3)cc12. The first kappa shape index (κ1) is 10.8. The van der Waals surface area contributed by atoms with Crippen LogP contribution >= 0.6 is 11.3 Å². The van der Waals surface area contributed by atoms with Crippen LogP contribution in [-0.4, -0.2) is 21.0 Å². The quantitative estimate of drug-likeness (QED) is 0.285. The molecule has 0 fully saturated rings. The third kappa shape index (κ3) is 1.63. The van der Waals surface area contributed by atoms with Crippen LogP contribution in [0.3, 0.4) is 0 Å². The molecule has 3 aromatic heterocycles. The number of rotatable bonds is 2. The Balaban J connectivity index is 2.24. The minimum atomic E-state index is 0.0825. The number of thiophene rings is 1. The highest BCUT2D eigenvalue weighted by Crippen LogP contribution is 2.28. The van der Waals surface area contributed by atoms with E-state index >= 15 is 0 Å². The Morgan fingerprint density at radius 3 is 3.06 bits per heavy atom. The molecule has 0 amide bonds. The highest BCUT2D eigenvalue weighted by Gasteiger charge is 2.10. The van der Waals surface area contributed by atoms with Gasteiger partial charge in [0.15, 0.2) is 5.84 Å². The summed E-state index contributed by atoms with van der Waals surface area (Å²) in [7, 11) is 0. The highest BCUT2D eigenvalue weighted by atomic mass is 32.1. The molecule has 0 aliphatic rings. The second-order valence-corrected chi connectivity index (χ2v) is 4.71. The number of oxime groups is 1. The third-order valence-electron chi connectivity index (χ3n) is 2.70. The van der Waals surface area contributed by atoms with E-state index in [0.717, 1.165) is 21.6 Å². The smallest absolute Gasteiger partial charge is 0.170 e. The fourth-order valence-corrected chi connectivity index (χ4v) is 2.57. The molecule has 18 heavy (non-hydrogen) atoms.